The van der Waals surface area contributed by atoms with Gasteiger partial charge in [0, 0.05) is 17.3 Å². The lowest BCUT2D eigenvalue weighted by Crippen LogP contribution is -2.36. The molecule has 1 aromatic heterocycles. The van der Waals surface area contributed by atoms with Gasteiger partial charge in [-0.2, -0.15) is 0 Å². The third-order valence-corrected chi connectivity index (χ3v) is 6.12. The number of nitrogens with one attached hydrogen (secondary N) is 1. The van der Waals surface area contributed by atoms with Gasteiger partial charge in [0.1, 0.15) is 18.1 Å². The van der Waals surface area contributed by atoms with E-state index >= 15 is 0 Å². The summed E-state index contributed by atoms with van der Waals surface area (Å²) in [5, 5.41) is 13.5. The first-order valence-corrected chi connectivity index (χ1v) is 11.1. The molecule has 172 valence electrons. The molecule has 4 rings (SSSR count). The van der Waals surface area contributed by atoms with E-state index in [-0.39, 0.29) is 27.0 Å². The van der Waals surface area contributed by atoms with Crippen molar-refractivity contribution in [2.24, 2.45) is 0 Å². The predicted molar refractivity (Wildman–Crippen MR) is 126 cm³/mol. The van der Waals surface area contributed by atoms with Crippen LogP contribution < -0.4 is 10.4 Å². The standard InChI is InChI=1S/C24H17ClN2O6S/c1-13-2-5-15(6-3-13)26-21(28)12-27-22(29)20(34-24(27)32)11-16-7-9-19(33-16)17-10-14(23(30)31)4-8-18(17)25/h2-11H,12H2,1H3,(H,26,28)(H,30,31)/p-1/b20-11-. The third-order valence-electron chi connectivity index (χ3n) is 4.88. The molecule has 1 fully saturated rings. The van der Waals surface area contributed by atoms with Crippen LogP contribution in [-0.2, 0) is 9.59 Å². The molecule has 0 atom stereocenters. The lowest BCUT2D eigenvalue weighted by Gasteiger charge is -2.12. The van der Waals surface area contributed by atoms with Gasteiger partial charge in [0.15, 0.2) is 0 Å². The normalized spacial score (nSPS) is 14.6. The van der Waals surface area contributed by atoms with Crippen molar-refractivity contribution < 1.29 is 28.7 Å². The average molecular weight is 496 g/mol. The van der Waals surface area contributed by atoms with E-state index in [1.54, 1.807) is 24.3 Å². The lowest BCUT2D eigenvalue weighted by molar-refractivity contribution is -0.255. The van der Waals surface area contributed by atoms with Crippen LogP contribution in [0.1, 0.15) is 21.7 Å². The number of hydrogen-bond acceptors (Lipinski definition) is 7. The summed E-state index contributed by atoms with van der Waals surface area (Å²) in [6.07, 6.45) is 1.38. The number of rotatable bonds is 6. The number of furan rings is 1. The Kier molecular flexibility index (Phi) is 6.58. The van der Waals surface area contributed by atoms with Gasteiger partial charge >= 0.3 is 0 Å². The Hall–Kier alpha value is -3.82. The average Bonchev–Trinajstić information content (AvgIpc) is 3.35. The van der Waals surface area contributed by atoms with Crippen LogP contribution >= 0.6 is 23.4 Å². The predicted octanol–water partition coefficient (Wildman–Crippen LogP) is 3.95. The van der Waals surface area contributed by atoms with Crippen molar-refractivity contribution in [3.63, 3.8) is 0 Å². The van der Waals surface area contributed by atoms with Gasteiger partial charge in [-0.1, -0.05) is 35.4 Å². The molecule has 0 radical (unpaired) electrons. The molecule has 0 spiro atoms. The van der Waals surface area contributed by atoms with E-state index in [4.69, 9.17) is 16.0 Å². The molecular formula is C24H16ClN2O6S-. The van der Waals surface area contributed by atoms with E-state index in [1.807, 2.05) is 19.1 Å². The van der Waals surface area contributed by atoms with Crippen molar-refractivity contribution in [1.29, 1.82) is 0 Å². The number of thioether (sulfide) groups is 1. The van der Waals surface area contributed by atoms with Crippen LogP contribution in [0.5, 0.6) is 0 Å². The lowest BCUT2D eigenvalue weighted by atomic mass is 10.1. The van der Waals surface area contributed by atoms with Crippen molar-refractivity contribution in [3.8, 4) is 11.3 Å². The first kappa shape index (κ1) is 23.3. The molecule has 1 N–H and O–H groups in total. The van der Waals surface area contributed by atoms with Crippen molar-refractivity contribution in [2.75, 3.05) is 11.9 Å². The smallest absolute Gasteiger partial charge is 0.294 e. The number of carboxylic acid groups (broad SMARTS) is 1. The molecule has 0 unspecified atom stereocenters. The van der Waals surface area contributed by atoms with E-state index in [2.05, 4.69) is 5.32 Å². The zero-order valence-corrected chi connectivity index (χ0v) is 19.2. The van der Waals surface area contributed by atoms with Gasteiger partial charge in [0.2, 0.25) is 5.91 Å². The number of halogens is 1. The molecule has 3 aromatic rings. The molecule has 1 saturated heterocycles. The number of hydrogen-bond donors (Lipinski definition) is 1. The number of aromatic carboxylic acids is 1. The second-order valence-electron chi connectivity index (χ2n) is 7.37. The van der Waals surface area contributed by atoms with Crippen LogP contribution in [0.15, 0.2) is 63.9 Å². The topological polar surface area (TPSA) is 120 Å². The maximum atomic E-state index is 12.7. The Labute approximate surface area is 203 Å². The Balaban J connectivity index is 1.48. The number of anilines is 1. The van der Waals surface area contributed by atoms with E-state index in [1.165, 1.54) is 24.3 Å². The van der Waals surface area contributed by atoms with E-state index in [0.29, 0.717) is 23.0 Å². The quantitative estimate of drug-likeness (QED) is 0.514. The van der Waals surface area contributed by atoms with Crippen LogP contribution in [0, 0.1) is 6.92 Å². The summed E-state index contributed by atoms with van der Waals surface area (Å²) in [7, 11) is 0. The fourth-order valence-corrected chi connectivity index (χ4v) is 4.19. The van der Waals surface area contributed by atoms with Crippen LogP contribution in [0.4, 0.5) is 10.5 Å². The van der Waals surface area contributed by atoms with Crippen molar-refractivity contribution in [3.05, 3.63) is 81.4 Å². The monoisotopic (exact) mass is 495 g/mol. The number of amides is 3. The number of nitrogens with zero attached hydrogens (tertiary/aromatic N) is 1. The van der Waals surface area contributed by atoms with Gasteiger partial charge in [-0.15, -0.1) is 0 Å². The summed E-state index contributed by atoms with van der Waals surface area (Å²) in [6, 6.07) is 14.3. The zero-order chi connectivity index (χ0) is 24.4. The van der Waals surface area contributed by atoms with Gasteiger partial charge < -0.3 is 19.6 Å². The Morgan fingerprint density at radius 1 is 1.12 bits per heavy atom. The first-order valence-electron chi connectivity index (χ1n) is 9.94. The van der Waals surface area contributed by atoms with Crippen molar-refractivity contribution in [1.82, 2.24) is 4.90 Å². The highest BCUT2D eigenvalue weighted by atomic mass is 35.5. The fourth-order valence-electron chi connectivity index (χ4n) is 3.16. The third kappa shape index (κ3) is 5.05. The highest BCUT2D eigenvalue weighted by Crippen LogP contribution is 2.35. The van der Waals surface area contributed by atoms with Crippen LogP contribution in [0.2, 0.25) is 5.02 Å². The minimum absolute atomic E-state index is 0.0672. The molecule has 2 heterocycles. The van der Waals surface area contributed by atoms with Gasteiger partial charge in [0.05, 0.1) is 15.9 Å². The highest BCUT2D eigenvalue weighted by molar-refractivity contribution is 8.18. The first-order chi connectivity index (χ1) is 16.2. The van der Waals surface area contributed by atoms with Crippen LogP contribution in [0.25, 0.3) is 17.4 Å². The summed E-state index contributed by atoms with van der Waals surface area (Å²) >= 11 is 6.84. The fraction of sp³-hybridized carbons (Fsp3) is 0.0833. The van der Waals surface area contributed by atoms with E-state index in [9.17, 15) is 24.3 Å². The molecule has 1 aliphatic rings. The number of carbonyl (C=O) groups is 4. The Morgan fingerprint density at radius 3 is 2.56 bits per heavy atom. The molecule has 1 aliphatic heterocycles. The number of carbonyl (C=O) groups excluding carboxylic acids is 4. The Morgan fingerprint density at radius 2 is 1.85 bits per heavy atom. The minimum atomic E-state index is -1.36. The molecule has 0 aliphatic carbocycles. The van der Waals surface area contributed by atoms with Crippen molar-refractivity contribution in [2.45, 2.75) is 6.92 Å². The summed E-state index contributed by atoms with van der Waals surface area (Å²) in [5.41, 5.74) is 1.86. The maximum Gasteiger partial charge on any atom is 0.294 e. The molecule has 34 heavy (non-hydrogen) atoms. The molecule has 0 saturated carbocycles. The number of aryl methyl sites for hydroxylation is 1. The number of carboxylic acids is 1. The van der Waals surface area contributed by atoms with E-state index < -0.39 is 29.6 Å². The van der Waals surface area contributed by atoms with E-state index in [0.717, 1.165) is 10.5 Å². The summed E-state index contributed by atoms with van der Waals surface area (Å²) in [4.78, 5) is 49.4. The molecular weight excluding hydrogens is 480 g/mol. The summed E-state index contributed by atoms with van der Waals surface area (Å²) in [6.45, 7) is 1.49. The van der Waals surface area contributed by atoms with Gasteiger partial charge in [0.25, 0.3) is 11.1 Å². The summed E-state index contributed by atoms with van der Waals surface area (Å²) < 4.78 is 5.69. The second-order valence-corrected chi connectivity index (χ2v) is 8.77. The molecule has 8 nitrogen and oxygen atoms in total. The largest absolute Gasteiger partial charge is 0.545 e. The number of imide groups is 1. The number of benzene rings is 2. The molecule has 0 bridgehead atoms. The van der Waals surface area contributed by atoms with Crippen LogP contribution in [0.3, 0.4) is 0 Å². The van der Waals surface area contributed by atoms with Crippen LogP contribution in [-0.4, -0.2) is 34.5 Å². The SMILES string of the molecule is Cc1ccc(NC(=O)CN2C(=O)S/C(=C\c3ccc(-c4cc(C(=O)[O-])ccc4Cl)o3)C2=O)cc1. The molecule has 10 heteroatoms. The van der Waals surface area contributed by atoms with Gasteiger partial charge in [-0.3, -0.25) is 19.3 Å². The summed E-state index contributed by atoms with van der Waals surface area (Å²) in [5.74, 6) is -1.96. The van der Waals surface area contributed by atoms with Crippen molar-refractivity contribution >= 4 is 58.1 Å². The Bertz CT molecular complexity index is 1350. The minimum Gasteiger partial charge on any atom is -0.545 e. The zero-order valence-electron chi connectivity index (χ0n) is 17.7. The molecule has 3 amide bonds. The second kappa shape index (κ2) is 9.58. The van der Waals surface area contributed by atoms with Gasteiger partial charge in [-0.05, 0) is 60.6 Å². The van der Waals surface area contributed by atoms with Gasteiger partial charge in [-0.25, -0.2) is 0 Å². The highest BCUT2D eigenvalue weighted by Gasteiger charge is 2.36. The maximum absolute atomic E-state index is 12.7. The molecule has 2 aromatic carbocycles.